The summed E-state index contributed by atoms with van der Waals surface area (Å²) < 4.78 is 0. The highest BCUT2D eigenvalue weighted by Crippen LogP contribution is 2.26. The summed E-state index contributed by atoms with van der Waals surface area (Å²) in [4.78, 5) is 2.67. The summed E-state index contributed by atoms with van der Waals surface area (Å²) >= 11 is 0. The van der Waals surface area contributed by atoms with E-state index >= 15 is 0 Å². The quantitative estimate of drug-likeness (QED) is 0.695. The monoisotopic (exact) mass is 182 g/mol. The van der Waals surface area contributed by atoms with Gasteiger partial charge >= 0.3 is 0 Å². The van der Waals surface area contributed by atoms with Crippen LogP contribution in [0.25, 0.3) is 0 Å². The summed E-state index contributed by atoms with van der Waals surface area (Å²) in [5, 5.41) is 3.54. The van der Waals surface area contributed by atoms with Crippen LogP contribution in [0.15, 0.2) is 0 Å². The summed E-state index contributed by atoms with van der Waals surface area (Å²) in [6.45, 7) is 10.8. The van der Waals surface area contributed by atoms with E-state index in [9.17, 15) is 0 Å². The van der Waals surface area contributed by atoms with Gasteiger partial charge in [0.2, 0.25) is 0 Å². The number of rotatable bonds is 2. The Morgan fingerprint density at radius 2 is 2.15 bits per heavy atom. The Morgan fingerprint density at radius 3 is 2.62 bits per heavy atom. The molecule has 2 nitrogen and oxygen atoms in total. The smallest absolute Gasteiger partial charge is 0.0236 e. The zero-order valence-electron chi connectivity index (χ0n) is 9.14. The summed E-state index contributed by atoms with van der Waals surface area (Å²) in [6.07, 6.45) is 2.72. The fourth-order valence-corrected chi connectivity index (χ4v) is 2.40. The van der Waals surface area contributed by atoms with Gasteiger partial charge in [-0.3, -0.25) is 4.90 Å². The minimum absolute atomic E-state index is 0.495. The lowest BCUT2D eigenvalue weighted by Crippen LogP contribution is -2.44. The van der Waals surface area contributed by atoms with Gasteiger partial charge in [-0.25, -0.2) is 0 Å². The molecule has 0 saturated carbocycles. The zero-order chi connectivity index (χ0) is 9.47. The van der Waals surface area contributed by atoms with Crippen LogP contribution in [-0.4, -0.2) is 36.6 Å². The summed E-state index contributed by atoms with van der Waals surface area (Å²) in [7, 11) is 0. The van der Waals surface area contributed by atoms with Crippen molar-refractivity contribution >= 4 is 0 Å². The van der Waals surface area contributed by atoms with Gasteiger partial charge in [-0.1, -0.05) is 20.8 Å². The lowest BCUT2D eigenvalue weighted by molar-refractivity contribution is 0.193. The topological polar surface area (TPSA) is 15.3 Å². The molecule has 0 spiro atoms. The van der Waals surface area contributed by atoms with Crippen molar-refractivity contribution < 1.29 is 0 Å². The van der Waals surface area contributed by atoms with Gasteiger partial charge in [0.05, 0.1) is 0 Å². The SMILES string of the molecule is CC(C)(C)CCN1CC2CC1CN2. The van der Waals surface area contributed by atoms with Crippen molar-refractivity contribution in [2.24, 2.45) is 5.41 Å². The largest absolute Gasteiger partial charge is 0.311 e. The summed E-state index contributed by atoms with van der Waals surface area (Å²) in [6, 6.07) is 1.66. The lowest BCUT2D eigenvalue weighted by atomic mass is 9.92. The van der Waals surface area contributed by atoms with Crippen LogP contribution in [0.3, 0.4) is 0 Å². The third-order valence-corrected chi connectivity index (χ3v) is 3.32. The molecular weight excluding hydrogens is 160 g/mol. The molecule has 0 aromatic rings. The molecule has 2 heteroatoms. The molecule has 76 valence electrons. The molecule has 2 aliphatic rings. The van der Waals surface area contributed by atoms with E-state index in [4.69, 9.17) is 0 Å². The van der Waals surface area contributed by atoms with Gasteiger partial charge in [0, 0.05) is 25.2 Å². The second-order valence-electron chi connectivity index (χ2n) is 5.80. The second-order valence-corrected chi connectivity index (χ2v) is 5.80. The Labute approximate surface area is 81.7 Å². The van der Waals surface area contributed by atoms with Gasteiger partial charge < -0.3 is 5.32 Å². The predicted octanol–water partition coefficient (Wildman–Crippen LogP) is 1.47. The highest BCUT2D eigenvalue weighted by atomic mass is 15.3. The number of hydrogen-bond acceptors (Lipinski definition) is 2. The molecule has 13 heavy (non-hydrogen) atoms. The maximum Gasteiger partial charge on any atom is 0.0236 e. The van der Waals surface area contributed by atoms with E-state index < -0.39 is 0 Å². The molecule has 2 saturated heterocycles. The summed E-state index contributed by atoms with van der Waals surface area (Å²) in [5.74, 6) is 0. The predicted molar refractivity (Wildman–Crippen MR) is 55.8 cm³/mol. The van der Waals surface area contributed by atoms with Crippen LogP contribution in [0, 0.1) is 5.41 Å². The first-order chi connectivity index (χ1) is 6.04. The van der Waals surface area contributed by atoms with E-state index in [1.807, 2.05) is 0 Å². The van der Waals surface area contributed by atoms with Crippen LogP contribution in [-0.2, 0) is 0 Å². The molecular formula is C11H22N2. The van der Waals surface area contributed by atoms with Crippen molar-refractivity contribution in [2.45, 2.75) is 45.7 Å². The molecule has 1 N–H and O–H groups in total. The Bertz CT molecular complexity index is 183. The maximum atomic E-state index is 3.54. The van der Waals surface area contributed by atoms with Crippen molar-refractivity contribution in [3.8, 4) is 0 Å². The van der Waals surface area contributed by atoms with E-state index in [1.165, 1.54) is 32.5 Å². The van der Waals surface area contributed by atoms with E-state index in [0.29, 0.717) is 5.41 Å². The highest BCUT2D eigenvalue weighted by Gasteiger charge is 2.37. The van der Waals surface area contributed by atoms with E-state index in [1.54, 1.807) is 0 Å². The van der Waals surface area contributed by atoms with Crippen LogP contribution in [0.1, 0.15) is 33.6 Å². The van der Waals surface area contributed by atoms with Crippen molar-refractivity contribution in [1.82, 2.24) is 10.2 Å². The van der Waals surface area contributed by atoms with Gasteiger partial charge in [0.1, 0.15) is 0 Å². The van der Waals surface area contributed by atoms with Crippen molar-refractivity contribution in [3.63, 3.8) is 0 Å². The average Bonchev–Trinajstić information content (AvgIpc) is 2.58. The standard InChI is InChI=1S/C11H22N2/c1-11(2,3)4-5-13-8-9-6-10(13)7-12-9/h9-10,12H,4-8H2,1-3H3. The van der Waals surface area contributed by atoms with Crippen LogP contribution < -0.4 is 5.32 Å². The highest BCUT2D eigenvalue weighted by molar-refractivity contribution is 4.97. The van der Waals surface area contributed by atoms with Crippen molar-refractivity contribution in [1.29, 1.82) is 0 Å². The van der Waals surface area contributed by atoms with Crippen LogP contribution in [0.4, 0.5) is 0 Å². The zero-order valence-corrected chi connectivity index (χ0v) is 9.14. The number of nitrogens with one attached hydrogen (secondary N) is 1. The van der Waals surface area contributed by atoms with Crippen molar-refractivity contribution in [2.75, 3.05) is 19.6 Å². The van der Waals surface area contributed by atoms with Crippen LogP contribution in [0.5, 0.6) is 0 Å². The molecule has 2 bridgehead atoms. The first kappa shape index (κ1) is 9.47. The molecule has 2 atom stereocenters. The molecule has 2 fully saturated rings. The van der Waals surface area contributed by atoms with Gasteiger partial charge in [-0.15, -0.1) is 0 Å². The van der Waals surface area contributed by atoms with Gasteiger partial charge in [0.15, 0.2) is 0 Å². The van der Waals surface area contributed by atoms with Crippen molar-refractivity contribution in [3.05, 3.63) is 0 Å². The molecule has 0 aliphatic carbocycles. The molecule has 2 aliphatic heterocycles. The van der Waals surface area contributed by atoms with Gasteiger partial charge in [-0.05, 0) is 24.8 Å². The molecule has 0 radical (unpaired) electrons. The van der Waals surface area contributed by atoms with Crippen LogP contribution in [0.2, 0.25) is 0 Å². The number of likely N-dealkylation sites (tertiary alicyclic amines) is 1. The van der Waals surface area contributed by atoms with Gasteiger partial charge in [-0.2, -0.15) is 0 Å². The molecule has 2 heterocycles. The van der Waals surface area contributed by atoms with Gasteiger partial charge in [0.25, 0.3) is 0 Å². The minimum Gasteiger partial charge on any atom is -0.311 e. The fourth-order valence-electron chi connectivity index (χ4n) is 2.40. The molecule has 0 amide bonds. The number of hydrogen-bond donors (Lipinski definition) is 1. The second kappa shape index (κ2) is 3.25. The minimum atomic E-state index is 0.495. The molecule has 2 unspecified atom stereocenters. The first-order valence-corrected chi connectivity index (χ1v) is 5.52. The molecule has 0 aromatic carbocycles. The third-order valence-electron chi connectivity index (χ3n) is 3.32. The third kappa shape index (κ3) is 2.23. The first-order valence-electron chi connectivity index (χ1n) is 5.52. The average molecular weight is 182 g/mol. The Hall–Kier alpha value is -0.0800. The maximum absolute atomic E-state index is 3.54. The normalized spacial score (nSPS) is 34.4. The Balaban J connectivity index is 1.78. The van der Waals surface area contributed by atoms with E-state index in [0.717, 1.165) is 12.1 Å². The lowest BCUT2D eigenvalue weighted by Gasteiger charge is -2.30. The molecule has 0 aromatic heterocycles. The Kier molecular flexibility index (Phi) is 2.37. The Morgan fingerprint density at radius 1 is 1.38 bits per heavy atom. The van der Waals surface area contributed by atoms with E-state index in [2.05, 4.69) is 31.0 Å². The van der Waals surface area contributed by atoms with E-state index in [-0.39, 0.29) is 0 Å². The molecule has 2 rings (SSSR count). The number of nitrogens with zero attached hydrogens (tertiary/aromatic N) is 1. The van der Waals surface area contributed by atoms with Crippen LogP contribution >= 0.6 is 0 Å². The number of piperazine rings is 1. The fraction of sp³-hybridized carbons (Fsp3) is 1.00. The summed E-state index contributed by atoms with van der Waals surface area (Å²) in [5.41, 5.74) is 0.495. The number of fused-ring (bicyclic) bond motifs is 2.